The van der Waals surface area contributed by atoms with Gasteiger partial charge in [-0.2, -0.15) is 0 Å². The van der Waals surface area contributed by atoms with Gasteiger partial charge in [0.2, 0.25) is 0 Å². The first-order chi connectivity index (χ1) is 8.85. The lowest BCUT2D eigenvalue weighted by Crippen LogP contribution is -2.44. The van der Waals surface area contributed by atoms with Crippen LogP contribution in [0.4, 0.5) is 0 Å². The predicted octanol–water partition coefficient (Wildman–Crippen LogP) is 3.27. The van der Waals surface area contributed by atoms with Gasteiger partial charge in [-0.15, -0.1) is 11.3 Å². The summed E-state index contributed by atoms with van der Waals surface area (Å²) in [6, 6.07) is 3.03. The van der Waals surface area contributed by atoms with E-state index in [0.717, 1.165) is 25.7 Å². The minimum atomic E-state index is 0.717. The van der Waals surface area contributed by atoms with Crippen LogP contribution in [0.3, 0.4) is 0 Å². The second-order valence-corrected chi connectivity index (χ2v) is 6.24. The van der Waals surface area contributed by atoms with Gasteiger partial charge >= 0.3 is 0 Å². The van der Waals surface area contributed by atoms with E-state index >= 15 is 0 Å². The van der Waals surface area contributed by atoms with Gasteiger partial charge in [0.15, 0.2) is 0 Å². The van der Waals surface area contributed by atoms with Crippen LogP contribution < -0.4 is 5.32 Å². The van der Waals surface area contributed by atoms with Gasteiger partial charge < -0.3 is 5.32 Å². The van der Waals surface area contributed by atoms with E-state index < -0.39 is 0 Å². The number of fused-ring (bicyclic) bond motifs is 1. The molecule has 0 saturated carbocycles. The van der Waals surface area contributed by atoms with Crippen molar-refractivity contribution >= 4 is 11.3 Å². The molecule has 0 amide bonds. The van der Waals surface area contributed by atoms with Crippen LogP contribution in [0.5, 0.6) is 0 Å². The third-order valence-electron chi connectivity index (χ3n) is 3.78. The number of nitrogens with one attached hydrogen (secondary N) is 1. The van der Waals surface area contributed by atoms with E-state index in [-0.39, 0.29) is 0 Å². The van der Waals surface area contributed by atoms with Crippen molar-refractivity contribution in [1.29, 1.82) is 0 Å². The first-order valence-corrected chi connectivity index (χ1v) is 8.23. The van der Waals surface area contributed by atoms with Crippen molar-refractivity contribution < 1.29 is 0 Å². The Bertz CT molecular complexity index is 348. The molecule has 0 aromatic carbocycles. The Labute approximate surface area is 115 Å². The summed E-state index contributed by atoms with van der Waals surface area (Å²) in [4.78, 5) is 4.30. The molecule has 1 aliphatic heterocycles. The van der Waals surface area contributed by atoms with Gasteiger partial charge in [-0.05, 0) is 42.8 Å². The highest BCUT2D eigenvalue weighted by molar-refractivity contribution is 7.10. The van der Waals surface area contributed by atoms with Crippen molar-refractivity contribution in [3.8, 4) is 0 Å². The molecule has 1 aliphatic rings. The van der Waals surface area contributed by atoms with Gasteiger partial charge in [-0.25, -0.2) is 0 Å². The van der Waals surface area contributed by atoms with Crippen LogP contribution in [0.2, 0.25) is 0 Å². The summed E-state index contributed by atoms with van der Waals surface area (Å²) in [7, 11) is 0. The van der Waals surface area contributed by atoms with Crippen LogP contribution in [0.15, 0.2) is 11.4 Å². The van der Waals surface area contributed by atoms with Crippen molar-refractivity contribution in [2.45, 2.75) is 52.1 Å². The van der Waals surface area contributed by atoms with Crippen LogP contribution in [-0.4, -0.2) is 30.6 Å². The van der Waals surface area contributed by atoms with Crippen LogP contribution in [0.25, 0.3) is 0 Å². The maximum absolute atomic E-state index is 3.60. The van der Waals surface area contributed by atoms with E-state index in [4.69, 9.17) is 0 Å². The zero-order valence-corrected chi connectivity index (χ0v) is 12.6. The Morgan fingerprint density at radius 3 is 3.06 bits per heavy atom. The van der Waals surface area contributed by atoms with Crippen molar-refractivity contribution in [2.24, 2.45) is 0 Å². The Morgan fingerprint density at radius 2 is 2.28 bits per heavy atom. The van der Waals surface area contributed by atoms with Crippen LogP contribution in [0, 0.1) is 0 Å². The molecule has 1 aromatic heterocycles. The lowest BCUT2D eigenvalue weighted by Gasteiger charge is -2.34. The number of hydrogen-bond donors (Lipinski definition) is 1. The van der Waals surface area contributed by atoms with E-state index in [1.165, 1.54) is 32.2 Å². The molecule has 0 saturated heterocycles. The molecule has 0 fully saturated rings. The molecule has 2 nitrogen and oxygen atoms in total. The molecule has 1 atom stereocenters. The monoisotopic (exact) mass is 266 g/mol. The zero-order valence-electron chi connectivity index (χ0n) is 11.7. The maximum Gasteiger partial charge on any atom is 0.0248 e. The van der Waals surface area contributed by atoms with E-state index in [2.05, 4.69) is 35.5 Å². The topological polar surface area (TPSA) is 15.3 Å². The Balaban J connectivity index is 1.90. The lowest BCUT2D eigenvalue weighted by atomic mass is 10.0. The highest BCUT2D eigenvalue weighted by Crippen LogP contribution is 2.25. The number of thiophene rings is 1. The standard InChI is InChI=1S/C15H26N2S/c1-3-5-14(11-16-8-4-2)17-9-6-15-13(12-17)7-10-18-15/h7,10,14,16H,3-6,8-9,11-12H2,1-2H3. The molecule has 1 unspecified atom stereocenters. The summed E-state index contributed by atoms with van der Waals surface area (Å²) >= 11 is 1.93. The van der Waals surface area contributed by atoms with E-state index in [9.17, 15) is 0 Å². The molecule has 0 aliphatic carbocycles. The molecule has 0 bridgehead atoms. The van der Waals surface area contributed by atoms with Gasteiger partial charge in [-0.1, -0.05) is 20.3 Å². The SMILES string of the molecule is CCCNCC(CCC)N1CCc2sccc2C1. The maximum atomic E-state index is 3.60. The molecule has 3 heteroatoms. The molecular weight excluding hydrogens is 240 g/mol. The van der Waals surface area contributed by atoms with E-state index in [0.29, 0.717) is 0 Å². The van der Waals surface area contributed by atoms with E-state index in [1.807, 2.05) is 11.3 Å². The molecule has 2 rings (SSSR count). The molecule has 102 valence electrons. The van der Waals surface area contributed by atoms with Crippen LogP contribution >= 0.6 is 11.3 Å². The first-order valence-electron chi connectivity index (χ1n) is 7.35. The number of nitrogens with zero attached hydrogens (tertiary/aromatic N) is 1. The lowest BCUT2D eigenvalue weighted by molar-refractivity contribution is 0.166. The van der Waals surface area contributed by atoms with Gasteiger partial charge in [0.25, 0.3) is 0 Å². The van der Waals surface area contributed by atoms with Gasteiger partial charge in [0.05, 0.1) is 0 Å². The van der Waals surface area contributed by atoms with Gasteiger partial charge in [0.1, 0.15) is 0 Å². The summed E-state index contributed by atoms with van der Waals surface area (Å²) in [5, 5.41) is 5.84. The fourth-order valence-corrected chi connectivity index (χ4v) is 3.66. The smallest absolute Gasteiger partial charge is 0.0248 e. The Kier molecular flexibility index (Phi) is 5.67. The average molecular weight is 266 g/mol. The first kappa shape index (κ1) is 14.0. The number of rotatable bonds is 7. The highest BCUT2D eigenvalue weighted by Gasteiger charge is 2.23. The minimum absolute atomic E-state index is 0.717. The van der Waals surface area contributed by atoms with Crippen molar-refractivity contribution in [2.75, 3.05) is 19.6 Å². The number of hydrogen-bond acceptors (Lipinski definition) is 3. The molecule has 18 heavy (non-hydrogen) atoms. The molecule has 0 spiro atoms. The molecule has 1 N–H and O–H groups in total. The molecule has 1 aromatic rings. The van der Waals surface area contributed by atoms with Crippen molar-refractivity contribution in [1.82, 2.24) is 10.2 Å². The summed E-state index contributed by atoms with van der Waals surface area (Å²) in [5.41, 5.74) is 1.57. The fraction of sp³-hybridized carbons (Fsp3) is 0.733. The van der Waals surface area contributed by atoms with Crippen molar-refractivity contribution in [3.05, 3.63) is 21.9 Å². The average Bonchev–Trinajstić information content (AvgIpc) is 2.85. The Hall–Kier alpha value is -0.380. The second kappa shape index (κ2) is 7.27. The van der Waals surface area contributed by atoms with Crippen LogP contribution in [-0.2, 0) is 13.0 Å². The summed E-state index contributed by atoms with van der Waals surface area (Å²) in [6.07, 6.45) is 5.08. The summed E-state index contributed by atoms with van der Waals surface area (Å²) in [6.45, 7) is 9.25. The normalized spacial score (nSPS) is 17.7. The van der Waals surface area contributed by atoms with Gasteiger partial charge in [0, 0.05) is 30.6 Å². The van der Waals surface area contributed by atoms with Crippen LogP contribution in [0.1, 0.15) is 43.6 Å². The highest BCUT2D eigenvalue weighted by atomic mass is 32.1. The Morgan fingerprint density at radius 1 is 1.39 bits per heavy atom. The predicted molar refractivity (Wildman–Crippen MR) is 80.3 cm³/mol. The quantitative estimate of drug-likeness (QED) is 0.762. The summed E-state index contributed by atoms with van der Waals surface area (Å²) < 4.78 is 0. The second-order valence-electron chi connectivity index (χ2n) is 5.24. The largest absolute Gasteiger partial charge is 0.315 e. The molecule has 2 heterocycles. The summed E-state index contributed by atoms with van der Waals surface area (Å²) in [5.74, 6) is 0. The fourth-order valence-electron chi connectivity index (χ4n) is 2.77. The molecular formula is C15H26N2S. The minimum Gasteiger partial charge on any atom is -0.315 e. The zero-order chi connectivity index (χ0) is 12.8. The van der Waals surface area contributed by atoms with E-state index in [1.54, 1.807) is 10.4 Å². The van der Waals surface area contributed by atoms with Gasteiger partial charge in [-0.3, -0.25) is 4.90 Å². The van der Waals surface area contributed by atoms with Crippen molar-refractivity contribution in [3.63, 3.8) is 0 Å². The third kappa shape index (κ3) is 3.56. The third-order valence-corrected chi connectivity index (χ3v) is 4.81. The molecule has 0 radical (unpaired) electrons.